The number of benzene rings is 1. The van der Waals surface area contributed by atoms with Crippen molar-refractivity contribution in [2.45, 2.75) is 6.42 Å². The van der Waals surface area contributed by atoms with Gasteiger partial charge in [-0.25, -0.2) is 8.42 Å². The van der Waals surface area contributed by atoms with Crippen molar-refractivity contribution in [3.05, 3.63) is 60.6 Å². The van der Waals surface area contributed by atoms with Crippen molar-refractivity contribution >= 4 is 27.3 Å². The Kier molecular flexibility index (Phi) is 4.36. The largest absolute Gasteiger partial charge is 0.355 e. The van der Waals surface area contributed by atoms with E-state index in [4.69, 9.17) is 4.52 Å². The molecule has 4 rings (SSSR count). The summed E-state index contributed by atoms with van der Waals surface area (Å²) >= 11 is 0. The quantitative estimate of drug-likeness (QED) is 0.741. The summed E-state index contributed by atoms with van der Waals surface area (Å²) in [7, 11) is -3.22. The van der Waals surface area contributed by atoms with Gasteiger partial charge >= 0.3 is 0 Å². The van der Waals surface area contributed by atoms with Gasteiger partial charge in [-0.15, -0.1) is 0 Å². The second-order valence-electron chi connectivity index (χ2n) is 6.06. The average Bonchev–Trinajstić information content (AvgIpc) is 3.30. The fourth-order valence-corrected chi connectivity index (χ4v) is 4.43. The van der Waals surface area contributed by atoms with Gasteiger partial charge in [-0.05, 0) is 42.8 Å². The van der Waals surface area contributed by atoms with E-state index in [1.54, 1.807) is 48.8 Å². The number of amides is 1. The number of nitrogens with one attached hydrogen (secondary N) is 1. The maximum absolute atomic E-state index is 12.3. The van der Waals surface area contributed by atoms with Crippen LogP contribution in [0.5, 0.6) is 0 Å². The summed E-state index contributed by atoms with van der Waals surface area (Å²) in [6, 6.07) is 11.8. The first kappa shape index (κ1) is 17.2. The van der Waals surface area contributed by atoms with Crippen molar-refractivity contribution in [1.82, 2.24) is 10.1 Å². The van der Waals surface area contributed by atoms with E-state index < -0.39 is 15.9 Å². The van der Waals surface area contributed by atoms with Crippen LogP contribution in [0.2, 0.25) is 0 Å². The van der Waals surface area contributed by atoms with Crippen LogP contribution in [0.3, 0.4) is 0 Å². The van der Waals surface area contributed by atoms with Crippen molar-refractivity contribution in [2.24, 2.45) is 0 Å². The Morgan fingerprint density at radius 2 is 2.00 bits per heavy atom. The lowest BCUT2D eigenvalue weighted by atomic mass is 10.2. The minimum absolute atomic E-state index is 0.139. The van der Waals surface area contributed by atoms with Gasteiger partial charge in [0.15, 0.2) is 11.5 Å². The first-order chi connectivity index (χ1) is 13.0. The zero-order valence-corrected chi connectivity index (χ0v) is 15.0. The van der Waals surface area contributed by atoms with E-state index in [0.29, 0.717) is 30.1 Å². The molecule has 1 aliphatic heterocycles. The highest BCUT2D eigenvalue weighted by Crippen LogP contribution is 2.25. The van der Waals surface area contributed by atoms with Gasteiger partial charge in [-0.1, -0.05) is 5.16 Å². The lowest BCUT2D eigenvalue weighted by Gasteiger charge is -2.17. The number of anilines is 2. The van der Waals surface area contributed by atoms with Crippen molar-refractivity contribution in [3.63, 3.8) is 0 Å². The number of hydrogen-bond donors (Lipinski definition) is 1. The van der Waals surface area contributed by atoms with Crippen molar-refractivity contribution < 1.29 is 17.7 Å². The molecule has 0 radical (unpaired) electrons. The fourth-order valence-electron chi connectivity index (χ4n) is 2.86. The van der Waals surface area contributed by atoms with Gasteiger partial charge in [0.2, 0.25) is 10.0 Å². The molecule has 1 fully saturated rings. The minimum Gasteiger partial charge on any atom is -0.355 e. The molecule has 0 atom stereocenters. The van der Waals surface area contributed by atoms with E-state index in [-0.39, 0.29) is 11.4 Å². The van der Waals surface area contributed by atoms with E-state index in [1.165, 1.54) is 10.4 Å². The Morgan fingerprint density at radius 1 is 1.19 bits per heavy atom. The number of hydrogen-bond acceptors (Lipinski definition) is 6. The molecule has 0 spiro atoms. The molecule has 2 aromatic heterocycles. The summed E-state index contributed by atoms with van der Waals surface area (Å²) in [4.78, 5) is 16.3. The van der Waals surface area contributed by atoms with Crippen LogP contribution in [0.15, 0.2) is 59.4 Å². The molecule has 8 nitrogen and oxygen atoms in total. The summed E-state index contributed by atoms with van der Waals surface area (Å²) in [6.45, 7) is 0.476. The lowest BCUT2D eigenvalue weighted by Crippen LogP contribution is -2.25. The Morgan fingerprint density at radius 3 is 2.67 bits per heavy atom. The molecular formula is C18H16N4O4S. The van der Waals surface area contributed by atoms with Gasteiger partial charge in [0, 0.05) is 36.3 Å². The Labute approximate surface area is 155 Å². The molecule has 1 aliphatic rings. The van der Waals surface area contributed by atoms with Gasteiger partial charge < -0.3 is 9.84 Å². The van der Waals surface area contributed by atoms with E-state index in [9.17, 15) is 13.2 Å². The summed E-state index contributed by atoms with van der Waals surface area (Å²) in [5.41, 5.74) is 1.98. The van der Waals surface area contributed by atoms with Crippen LogP contribution < -0.4 is 9.62 Å². The van der Waals surface area contributed by atoms with E-state index in [0.717, 1.165) is 5.56 Å². The number of nitrogens with zero attached hydrogens (tertiary/aromatic N) is 3. The second kappa shape index (κ2) is 6.84. The zero-order valence-electron chi connectivity index (χ0n) is 14.2. The van der Waals surface area contributed by atoms with E-state index in [2.05, 4.69) is 15.5 Å². The Balaban J connectivity index is 1.47. The van der Waals surface area contributed by atoms with E-state index >= 15 is 0 Å². The van der Waals surface area contributed by atoms with Crippen LogP contribution in [0.4, 0.5) is 11.4 Å². The Hall–Kier alpha value is -3.20. The maximum atomic E-state index is 12.3. The predicted octanol–water partition coefficient (Wildman–Crippen LogP) is 2.53. The van der Waals surface area contributed by atoms with Gasteiger partial charge in [-0.3, -0.25) is 14.1 Å². The molecule has 1 saturated heterocycles. The Bertz CT molecular complexity index is 1060. The number of aromatic nitrogens is 2. The molecule has 3 heterocycles. The van der Waals surface area contributed by atoms with Crippen LogP contribution in [0, 0.1) is 0 Å². The van der Waals surface area contributed by atoms with Gasteiger partial charge in [0.1, 0.15) is 0 Å². The van der Waals surface area contributed by atoms with Crippen LogP contribution in [-0.2, 0) is 10.0 Å². The highest BCUT2D eigenvalue weighted by molar-refractivity contribution is 7.93. The number of carbonyl (C=O) groups is 1. The number of sulfonamides is 1. The first-order valence-corrected chi connectivity index (χ1v) is 9.93. The SMILES string of the molecule is O=C(Nc1ccc(N2CCCS2(=O)=O)cc1)c1cc(-c2cccnc2)on1. The van der Waals surface area contributed by atoms with Gasteiger partial charge in [0.05, 0.1) is 11.4 Å². The molecule has 1 amide bonds. The third kappa shape index (κ3) is 3.54. The van der Waals surface area contributed by atoms with Gasteiger partial charge in [0.25, 0.3) is 5.91 Å². The highest BCUT2D eigenvalue weighted by Gasteiger charge is 2.28. The molecular weight excluding hydrogens is 368 g/mol. The molecule has 27 heavy (non-hydrogen) atoms. The van der Waals surface area contributed by atoms with Crippen molar-refractivity contribution in [3.8, 4) is 11.3 Å². The lowest BCUT2D eigenvalue weighted by molar-refractivity contribution is 0.101. The minimum atomic E-state index is -3.22. The smallest absolute Gasteiger partial charge is 0.277 e. The predicted molar refractivity (Wildman–Crippen MR) is 99.9 cm³/mol. The molecule has 3 aromatic rings. The average molecular weight is 384 g/mol. The standard InChI is InChI=1S/C18H16N4O4S/c23-18(16-11-17(26-21-16)13-3-1-8-19-12-13)20-14-4-6-15(7-5-14)22-9-2-10-27(22,24)25/h1,3-8,11-12H,2,9-10H2,(H,20,23). The zero-order chi connectivity index (χ0) is 18.9. The topological polar surface area (TPSA) is 105 Å². The summed E-state index contributed by atoms with van der Waals surface area (Å²) in [5.74, 6) is 0.190. The molecule has 9 heteroatoms. The molecule has 1 aromatic carbocycles. The second-order valence-corrected chi connectivity index (χ2v) is 8.07. The number of carbonyl (C=O) groups excluding carboxylic acids is 1. The molecule has 1 N–H and O–H groups in total. The molecule has 0 bridgehead atoms. The maximum Gasteiger partial charge on any atom is 0.277 e. The summed E-state index contributed by atoms with van der Waals surface area (Å²) in [5, 5.41) is 6.50. The van der Waals surface area contributed by atoms with Crippen LogP contribution >= 0.6 is 0 Å². The number of rotatable bonds is 4. The molecule has 0 saturated carbocycles. The highest BCUT2D eigenvalue weighted by atomic mass is 32.2. The van der Waals surface area contributed by atoms with Crippen LogP contribution in [0.25, 0.3) is 11.3 Å². The third-order valence-corrected chi connectivity index (χ3v) is 6.07. The van der Waals surface area contributed by atoms with Gasteiger partial charge in [-0.2, -0.15) is 0 Å². The first-order valence-electron chi connectivity index (χ1n) is 8.32. The monoisotopic (exact) mass is 384 g/mol. The molecule has 138 valence electrons. The normalized spacial score (nSPS) is 15.6. The van der Waals surface area contributed by atoms with E-state index in [1.807, 2.05) is 0 Å². The number of pyridine rings is 1. The van der Waals surface area contributed by atoms with Crippen LogP contribution in [0.1, 0.15) is 16.9 Å². The molecule has 0 unspecified atom stereocenters. The third-order valence-electron chi connectivity index (χ3n) is 4.20. The summed E-state index contributed by atoms with van der Waals surface area (Å²) in [6.07, 6.45) is 3.88. The molecule has 0 aliphatic carbocycles. The van der Waals surface area contributed by atoms with Crippen molar-refractivity contribution in [2.75, 3.05) is 21.9 Å². The van der Waals surface area contributed by atoms with Crippen molar-refractivity contribution in [1.29, 1.82) is 0 Å². The summed E-state index contributed by atoms with van der Waals surface area (Å²) < 4.78 is 30.5. The fraction of sp³-hybridized carbons (Fsp3) is 0.167. The van der Waals surface area contributed by atoms with Crippen LogP contribution in [-0.4, -0.2) is 36.8 Å².